The molecule has 9 heteroatoms. The minimum atomic E-state index is -1.14. The predicted molar refractivity (Wildman–Crippen MR) is 116 cm³/mol. The summed E-state index contributed by atoms with van der Waals surface area (Å²) >= 11 is 5.91. The largest absolute Gasteiger partial charge is 0.468 e. The van der Waals surface area contributed by atoms with Gasteiger partial charge in [0.25, 0.3) is 5.91 Å². The molecule has 1 N–H and O–H groups in total. The van der Waals surface area contributed by atoms with E-state index in [-0.39, 0.29) is 13.1 Å². The Kier molecular flexibility index (Phi) is 5.88. The highest BCUT2D eigenvalue weighted by molar-refractivity contribution is 6.30. The summed E-state index contributed by atoms with van der Waals surface area (Å²) in [6.45, 7) is -0.683. The number of esters is 1. The molecule has 0 saturated carbocycles. The highest BCUT2D eigenvalue weighted by Crippen LogP contribution is 2.41. The Morgan fingerprint density at radius 1 is 1.16 bits per heavy atom. The van der Waals surface area contributed by atoms with E-state index < -0.39 is 35.9 Å². The van der Waals surface area contributed by atoms with E-state index in [1.165, 1.54) is 12.0 Å². The van der Waals surface area contributed by atoms with Crippen molar-refractivity contribution in [1.29, 1.82) is 0 Å². The molecular formula is C23H22ClN3O5. The predicted octanol–water partition coefficient (Wildman–Crippen LogP) is 2.24. The first-order valence-corrected chi connectivity index (χ1v) is 10.5. The fourth-order valence-electron chi connectivity index (χ4n) is 4.23. The number of rotatable bonds is 6. The van der Waals surface area contributed by atoms with Gasteiger partial charge < -0.3 is 15.0 Å². The lowest BCUT2D eigenvalue weighted by molar-refractivity contribution is -0.148. The number of hydrogen-bond acceptors (Lipinski definition) is 5. The molecule has 1 aliphatic heterocycles. The van der Waals surface area contributed by atoms with Crippen LogP contribution in [0.3, 0.4) is 0 Å². The average Bonchev–Trinajstić information content (AvgIpc) is 3.27. The van der Waals surface area contributed by atoms with Gasteiger partial charge in [-0.15, -0.1) is 0 Å². The second-order valence-corrected chi connectivity index (χ2v) is 8.27. The molecule has 32 heavy (non-hydrogen) atoms. The van der Waals surface area contributed by atoms with Gasteiger partial charge in [0.1, 0.15) is 18.6 Å². The Bertz CT molecular complexity index is 1090. The number of aryl methyl sites for hydroxylation is 1. The van der Waals surface area contributed by atoms with E-state index in [4.69, 9.17) is 16.3 Å². The molecule has 166 valence electrons. The summed E-state index contributed by atoms with van der Waals surface area (Å²) in [6, 6.07) is 13.7. The van der Waals surface area contributed by atoms with Gasteiger partial charge >= 0.3 is 12.0 Å². The number of ether oxygens (including phenoxy) is 1. The zero-order valence-corrected chi connectivity index (χ0v) is 18.2. The normalized spacial score (nSPS) is 19.1. The van der Waals surface area contributed by atoms with Gasteiger partial charge in [-0.05, 0) is 41.7 Å². The summed E-state index contributed by atoms with van der Waals surface area (Å²) in [5, 5.41) is 3.34. The number of halogens is 1. The minimum absolute atomic E-state index is 0.0999. The quantitative estimate of drug-likeness (QED) is 0.532. The highest BCUT2D eigenvalue weighted by atomic mass is 35.5. The van der Waals surface area contributed by atoms with Crippen molar-refractivity contribution in [3.8, 4) is 0 Å². The molecule has 1 fully saturated rings. The molecule has 0 radical (unpaired) electrons. The van der Waals surface area contributed by atoms with E-state index in [0.717, 1.165) is 21.6 Å². The number of imide groups is 1. The van der Waals surface area contributed by atoms with Gasteiger partial charge in [0.2, 0.25) is 5.91 Å². The second kappa shape index (κ2) is 8.63. The van der Waals surface area contributed by atoms with Gasteiger partial charge in [-0.1, -0.05) is 48.0 Å². The molecule has 1 atom stereocenters. The Labute approximate surface area is 190 Å². The minimum Gasteiger partial charge on any atom is -0.468 e. The molecule has 2 aliphatic rings. The molecule has 1 spiro atoms. The number of urea groups is 1. The van der Waals surface area contributed by atoms with E-state index in [9.17, 15) is 19.2 Å². The lowest BCUT2D eigenvalue weighted by atomic mass is 9.92. The van der Waals surface area contributed by atoms with E-state index >= 15 is 0 Å². The molecular weight excluding hydrogens is 434 g/mol. The Balaban J connectivity index is 1.54. The Morgan fingerprint density at radius 3 is 2.59 bits per heavy atom. The van der Waals surface area contributed by atoms with Gasteiger partial charge in [0, 0.05) is 11.6 Å². The van der Waals surface area contributed by atoms with E-state index in [1.54, 1.807) is 24.3 Å². The number of nitrogens with one attached hydrogen (secondary N) is 1. The second-order valence-electron chi connectivity index (χ2n) is 7.84. The van der Waals surface area contributed by atoms with Crippen LogP contribution in [0.1, 0.15) is 23.1 Å². The maximum atomic E-state index is 13.3. The maximum Gasteiger partial charge on any atom is 0.325 e. The first-order valence-electron chi connectivity index (χ1n) is 10.2. The van der Waals surface area contributed by atoms with Crippen molar-refractivity contribution in [2.75, 3.05) is 20.2 Å². The van der Waals surface area contributed by atoms with Crippen LogP contribution >= 0.6 is 11.6 Å². The molecule has 1 unspecified atom stereocenters. The molecule has 0 aromatic heterocycles. The van der Waals surface area contributed by atoms with Crippen LogP contribution in [0.25, 0.3) is 0 Å². The van der Waals surface area contributed by atoms with Crippen LogP contribution in [0, 0.1) is 0 Å². The SMILES string of the molecule is COC(=O)CN(Cc1ccc(Cl)cc1)C(=O)CN1C(=O)NC2(CCc3ccccc32)C1=O. The highest BCUT2D eigenvalue weighted by Gasteiger charge is 2.55. The molecule has 4 amide bonds. The fraction of sp³-hybridized carbons (Fsp3) is 0.304. The Hall–Kier alpha value is -3.39. The summed E-state index contributed by atoms with van der Waals surface area (Å²) in [7, 11) is 1.23. The monoisotopic (exact) mass is 455 g/mol. The lowest BCUT2D eigenvalue weighted by Gasteiger charge is -2.25. The van der Waals surface area contributed by atoms with Crippen LogP contribution in [0.2, 0.25) is 5.02 Å². The molecule has 4 rings (SSSR count). The molecule has 1 saturated heterocycles. The summed E-state index contributed by atoms with van der Waals surface area (Å²) < 4.78 is 4.70. The van der Waals surface area contributed by atoms with Crippen LogP contribution in [-0.4, -0.2) is 53.8 Å². The molecule has 2 aromatic rings. The van der Waals surface area contributed by atoms with Crippen molar-refractivity contribution in [3.05, 3.63) is 70.2 Å². The summed E-state index contributed by atoms with van der Waals surface area (Å²) in [5.74, 6) is -1.60. The van der Waals surface area contributed by atoms with Crippen molar-refractivity contribution >= 4 is 35.4 Å². The van der Waals surface area contributed by atoms with Crippen molar-refractivity contribution in [2.45, 2.75) is 24.9 Å². The van der Waals surface area contributed by atoms with Gasteiger partial charge in [-0.3, -0.25) is 19.3 Å². The summed E-state index contributed by atoms with van der Waals surface area (Å²) in [6.07, 6.45) is 1.10. The van der Waals surface area contributed by atoms with Crippen LogP contribution in [-0.2, 0) is 37.6 Å². The maximum absolute atomic E-state index is 13.3. The zero-order chi connectivity index (χ0) is 22.9. The fourth-order valence-corrected chi connectivity index (χ4v) is 4.36. The number of benzene rings is 2. The van der Waals surface area contributed by atoms with Gasteiger partial charge in [0.05, 0.1) is 7.11 Å². The van der Waals surface area contributed by atoms with Gasteiger partial charge in [-0.25, -0.2) is 4.79 Å². The number of methoxy groups -OCH3 is 1. The number of nitrogens with zero attached hydrogens (tertiary/aromatic N) is 2. The third kappa shape index (κ3) is 3.93. The third-order valence-electron chi connectivity index (χ3n) is 5.90. The van der Waals surface area contributed by atoms with Crippen LogP contribution < -0.4 is 5.32 Å². The molecule has 1 heterocycles. The van der Waals surface area contributed by atoms with Crippen molar-refractivity contribution in [1.82, 2.24) is 15.1 Å². The molecule has 8 nitrogen and oxygen atoms in total. The number of carbonyl (C=O) groups is 4. The molecule has 1 aliphatic carbocycles. The summed E-state index contributed by atoms with van der Waals surface area (Å²) in [5.41, 5.74) is 1.37. The smallest absolute Gasteiger partial charge is 0.325 e. The van der Waals surface area contributed by atoms with Crippen LogP contribution in [0.4, 0.5) is 4.79 Å². The lowest BCUT2D eigenvalue weighted by Crippen LogP contribution is -2.46. The first kappa shape index (κ1) is 21.8. The van der Waals surface area contributed by atoms with Crippen molar-refractivity contribution in [3.63, 3.8) is 0 Å². The van der Waals surface area contributed by atoms with Crippen LogP contribution in [0.15, 0.2) is 48.5 Å². The summed E-state index contributed by atoms with van der Waals surface area (Å²) in [4.78, 5) is 53.1. The van der Waals surface area contributed by atoms with Gasteiger partial charge in [0.15, 0.2) is 0 Å². The van der Waals surface area contributed by atoms with E-state index in [2.05, 4.69) is 5.32 Å². The number of carbonyl (C=O) groups excluding carboxylic acids is 4. The topological polar surface area (TPSA) is 96.0 Å². The zero-order valence-electron chi connectivity index (χ0n) is 17.5. The van der Waals surface area contributed by atoms with Crippen molar-refractivity contribution in [2.24, 2.45) is 0 Å². The Morgan fingerprint density at radius 2 is 1.88 bits per heavy atom. The average molecular weight is 456 g/mol. The molecule has 0 bridgehead atoms. The standard InChI is InChI=1S/C23H22ClN3O5/c1-32-20(29)14-26(12-15-6-8-17(24)9-7-15)19(28)13-27-21(30)23(25-22(27)31)11-10-16-4-2-3-5-18(16)23/h2-9H,10-14H2,1H3,(H,25,31). The third-order valence-corrected chi connectivity index (χ3v) is 6.15. The van der Waals surface area contributed by atoms with Crippen molar-refractivity contribution < 1.29 is 23.9 Å². The van der Waals surface area contributed by atoms with E-state index in [0.29, 0.717) is 17.9 Å². The molecule has 2 aromatic carbocycles. The number of hydrogen-bond donors (Lipinski definition) is 1. The number of fused-ring (bicyclic) bond motifs is 2. The number of amides is 4. The first-order chi connectivity index (χ1) is 15.3. The van der Waals surface area contributed by atoms with Gasteiger partial charge in [-0.2, -0.15) is 0 Å². The van der Waals surface area contributed by atoms with Crippen LogP contribution in [0.5, 0.6) is 0 Å². The van der Waals surface area contributed by atoms with E-state index in [1.807, 2.05) is 24.3 Å².